The van der Waals surface area contributed by atoms with Crippen LogP contribution in [0.3, 0.4) is 0 Å². The number of carbonyl (C=O) groups excluding carboxylic acids is 2. The van der Waals surface area contributed by atoms with Crippen LogP contribution in [0, 0.1) is 0 Å². The number of ether oxygens (including phenoxy) is 2. The van der Waals surface area contributed by atoms with Crippen LogP contribution < -0.4 is 5.73 Å². The van der Waals surface area contributed by atoms with E-state index < -0.39 is 26.5 Å². The van der Waals surface area contributed by atoms with Gasteiger partial charge in [0.15, 0.2) is 6.10 Å². The summed E-state index contributed by atoms with van der Waals surface area (Å²) < 4.78 is 33.0. The van der Waals surface area contributed by atoms with E-state index in [1.54, 1.807) is 0 Å². The second kappa shape index (κ2) is 52.8. The number of phosphoric ester groups is 1. The summed E-state index contributed by atoms with van der Waals surface area (Å²) in [6.07, 6.45) is 66.5. The molecule has 0 bridgehead atoms. The van der Waals surface area contributed by atoms with Gasteiger partial charge in [-0.3, -0.25) is 18.6 Å². The van der Waals surface area contributed by atoms with E-state index in [4.69, 9.17) is 24.3 Å². The molecular formula is C57H102NO8P. The number of phosphoric acid groups is 1. The predicted octanol–water partition coefficient (Wildman–Crippen LogP) is 17.0. The normalized spacial score (nSPS) is 13.7. The fourth-order valence-corrected chi connectivity index (χ4v) is 8.31. The van der Waals surface area contributed by atoms with Gasteiger partial charge in [-0.15, -0.1) is 0 Å². The van der Waals surface area contributed by atoms with E-state index in [0.29, 0.717) is 6.42 Å². The Morgan fingerprint density at radius 1 is 0.463 bits per heavy atom. The number of esters is 2. The van der Waals surface area contributed by atoms with Gasteiger partial charge < -0.3 is 20.1 Å². The fourth-order valence-electron chi connectivity index (χ4n) is 7.54. The Morgan fingerprint density at radius 2 is 0.821 bits per heavy atom. The Hall–Kier alpha value is -2.55. The number of nitrogens with two attached hydrogens (primary N) is 1. The lowest BCUT2D eigenvalue weighted by molar-refractivity contribution is -0.161. The summed E-state index contributed by atoms with van der Waals surface area (Å²) in [5, 5.41) is 0. The van der Waals surface area contributed by atoms with Gasteiger partial charge >= 0.3 is 19.8 Å². The molecule has 0 heterocycles. The van der Waals surface area contributed by atoms with Gasteiger partial charge in [-0.2, -0.15) is 0 Å². The monoisotopic (exact) mass is 960 g/mol. The summed E-state index contributed by atoms with van der Waals surface area (Å²) in [5.41, 5.74) is 5.38. The Labute approximate surface area is 411 Å². The largest absolute Gasteiger partial charge is 0.472 e. The highest BCUT2D eigenvalue weighted by Gasteiger charge is 2.26. The molecule has 388 valence electrons. The smallest absolute Gasteiger partial charge is 0.462 e. The van der Waals surface area contributed by atoms with Gasteiger partial charge in [0.25, 0.3) is 0 Å². The first kappa shape index (κ1) is 64.5. The minimum Gasteiger partial charge on any atom is -0.462 e. The molecule has 0 saturated carbocycles. The van der Waals surface area contributed by atoms with Gasteiger partial charge in [-0.25, -0.2) is 4.57 Å². The molecule has 0 radical (unpaired) electrons. The number of rotatable bonds is 51. The lowest BCUT2D eigenvalue weighted by atomic mass is 10.0. The third kappa shape index (κ3) is 52.7. The van der Waals surface area contributed by atoms with Crippen molar-refractivity contribution in [3.8, 4) is 0 Å². The predicted molar refractivity (Wildman–Crippen MR) is 284 cm³/mol. The van der Waals surface area contributed by atoms with E-state index in [1.807, 2.05) is 0 Å². The standard InChI is InChI=1S/C57H102NO8P/c1-3-5-7-9-11-13-15-17-19-21-23-25-26-27-28-30-32-34-36-38-40-42-44-46-48-50-57(60)66-55(54-65-67(61,62)64-52-51-58)53-63-56(59)49-47-45-43-41-39-37-35-33-31-29-24-22-20-18-16-14-12-10-8-6-4-2/h5,7,11,13,16-19,22-25,55H,3-4,6,8-10,12,14-15,20-21,26-54,58H2,1-2H3,(H,61,62)/b7-5-,13-11-,18-16-,19-17-,24-22-,25-23-. The first-order chi connectivity index (χ1) is 32.8. The maximum Gasteiger partial charge on any atom is 0.472 e. The number of unbranched alkanes of at least 4 members (excludes halogenated alkanes) is 26. The van der Waals surface area contributed by atoms with E-state index >= 15 is 0 Å². The Morgan fingerprint density at radius 3 is 1.22 bits per heavy atom. The van der Waals surface area contributed by atoms with Crippen molar-refractivity contribution >= 4 is 19.8 Å². The number of allylic oxidation sites excluding steroid dienone is 12. The van der Waals surface area contributed by atoms with Gasteiger partial charge in [0, 0.05) is 19.4 Å². The summed E-state index contributed by atoms with van der Waals surface area (Å²) in [6.45, 7) is 3.63. The number of hydrogen-bond donors (Lipinski definition) is 2. The molecule has 0 spiro atoms. The quantitative estimate of drug-likeness (QED) is 0.0264. The lowest BCUT2D eigenvalue weighted by Gasteiger charge is -2.19. The van der Waals surface area contributed by atoms with Crippen LogP contribution in [-0.2, 0) is 32.7 Å². The summed E-state index contributed by atoms with van der Waals surface area (Å²) in [5.74, 6) is -0.832. The molecule has 0 fully saturated rings. The zero-order valence-electron chi connectivity index (χ0n) is 43.1. The minimum atomic E-state index is -4.39. The molecule has 67 heavy (non-hydrogen) atoms. The van der Waals surface area contributed by atoms with Gasteiger partial charge in [0.05, 0.1) is 13.2 Å². The molecule has 2 unspecified atom stereocenters. The van der Waals surface area contributed by atoms with E-state index in [9.17, 15) is 19.0 Å². The average molecular weight is 960 g/mol. The van der Waals surface area contributed by atoms with Crippen molar-refractivity contribution in [3.05, 3.63) is 72.9 Å². The van der Waals surface area contributed by atoms with Crippen LogP contribution in [0.5, 0.6) is 0 Å². The van der Waals surface area contributed by atoms with Gasteiger partial charge in [0.2, 0.25) is 0 Å². The van der Waals surface area contributed by atoms with Gasteiger partial charge in [0.1, 0.15) is 6.61 Å². The van der Waals surface area contributed by atoms with Crippen molar-refractivity contribution in [2.75, 3.05) is 26.4 Å². The second-order valence-corrected chi connectivity index (χ2v) is 19.5. The van der Waals surface area contributed by atoms with Crippen molar-refractivity contribution in [1.82, 2.24) is 0 Å². The molecule has 0 amide bonds. The zero-order valence-corrected chi connectivity index (χ0v) is 44.0. The fraction of sp³-hybridized carbons (Fsp3) is 0.754. The molecular weight excluding hydrogens is 858 g/mol. The van der Waals surface area contributed by atoms with Crippen LogP contribution in [-0.4, -0.2) is 49.3 Å². The van der Waals surface area contributed by atoms with Crippen LogP contribution in [0.4, 0.5) is 0 Å². The first-order valence-electron chi connectivity index (χ1n) is 27.4. The molecule has 0 rings (SSSR count). The molecule has 2 atom stereocenters. The molecule has 0 saturated heterocycles. The van der Waals surface area contributed by atoms with Crippen LogP contribution in [0.2, 0.25) is 0 Å². The van der Waals surface area contributed by atoms with Crippen LogP contribution in [0.15, 0.2) is 72.9 Å². The molecule has 0 aliphatic carbocycles. The molecule has 3 N–H and O–H groups in total. The maximum absolute atomic E-state index is 12.7. The highest BCUT2D eigenvalue weighted by Crippen LogP contribution is 2.43. The van der Waals surface area contributed by atoms with Crippen molar-refractivity contribution in [3.63, 3.8) is 0 Å². The molecule has 9 nitrogen and oxygen atoms in total. The van der Waals surface area contributed by atoms with Crippen molar-refractivity contribution in [1.29, 1.82) is 0 Å². The molecule has 0 aliphatic heterocycles. The first-order valence-corrected chi connectivity index (χ1v) is 28.9. The third-order valence-corrected chi connectivity index (χ3v) is 12.6. The van der Waals surface area contributed by atoms with Crippen LogP contribution in [0.25, 0.3) is 0 Å². The van der Waals surface area contributed by atoms with E-state index in [2.05, 4.69) is 86.8 Å². The number of carbonyl (C=O) groups is 2. The van der Waals surface area contributed by atoms with Crippen molar-refractivity contribution in [2.24, 2.45) is 5.73 Å². The summed E-state index contributed by atoms with van der Waals surface area (Å²) >= 11 is 0. The topological polar surface area (TPSA) is 134 Å². The third-order valence-electron chi connectivity index (χ3n) is 11.6. The van der Waals surface area contributed by atoms with E-state index in [0.717, 1.165) is 77.0 Å². The second-order valence-electron chi connectivity index (χ2n) is 18.1. The van der Waals surface area contributed by atoms with Crippen molar-refractivity contribution in [2.45, 2.75) is 251 Å². The Kier molecular flexibility index (Phi) is 50.8. The number of hydrogen-bond acceptors (Lipinski definition) is 8. The van der Waals surface area contributed by atoms with E-state index in [-0.39, 0.29) is 38.6 Å². The van der Waals surface area contributed by atoms with Gasteiger partial charge in [-0.1, -0.05) is 222 Å². The molecule has 10 heteroatoms. The Bertz CT molecular complexity index is 1320. The van der Waals surface area contributed by atoms with Crippen LogP contribution >= 0.6 is 7.82 Å². The zero-order chi connectivity index (χ0) is 48.8. The molecule has 0 aromatic rings. The highest BCUT2D eigenvalue weighted by atomic mass is 31.2. The molecule has 0 aromatic carbocycles. The van der Waals surface area contributed by atoms with Gasteiger partial charge in [-0.05, 0) is 83.5 Å². The maximum atomic E-state index is 12.7. The highest BCUT2D eigenvalue weighted by molar-refractivity contribution is 7.47. The summed E-state index contributed by atoms with van der Waals surface area (Å²) in [7, 11) is -4.39. The van der Waals surface area contributed by atoms with Crippen molar-refractivity contribution < 1.29 is 37.6 Å². The average Bonchev–Trinajstić information content (AvgIpc) is 3.32. The molecule has 0 aromatic heterocycles. The Balaban J connectivity index is 4.02. The SMILES string of the molecule is CC/C=C\C/C=C\C/C=C\C/C=C\CCCCCCCCCCCCCCC(=O)OC(COC(=O)CCCCCCCCCCC/C=C\C/C=C\CCCCCCC)COP(=O)(O)OCCN. The van der Waals surface area contributed by atoms with Crippen LogP contribution in [0.1, 0.15) is 245 Å². The minimum absolute atomic E-state index is 0.0501. The lowest BCUT2D eigenvalue weighted by Crippen LogP contribution is -2.29. The molecule has 0 aliphatic rings. The summed E-state index contributed by atoms with van der Waals surface area (Å²) in [6, 6.07) is 0. The van der Waals surface area contributed by atoms with E-state index in [1.165, 1.54) is 135 Å². The summed E-state index contributed by atoms with van der Waals surface area (Å²) in [4.78, 5) is 35.1.